The van der Waals surface area contributed by atoms with Crippen LogP contribution in [0.2, 0.25) is 0 Å². The topological polar surface area (TPSA) is 102 Å². The number of carbonyl (C=O) groups excluding carboxylic acids is 3. The van der Waals surface area contributed by atoms with Crippen molar-refractivity contribution < 1.29 is 33.4 Å². The van der Waals surface area contributed by atoms with Gasteiger partial charge in [-0.1, -0.05) is 18.6 Å². The van der Waals surface area contributed by atoms with Crippen LogP contribution < -0.4 is 0 Å². The zero-order chi connectivity index (χ0) is 24.0. The Hall–Kier alpha value is -2.35. The normalized spacial score (nSPS) is 47.4. The van der Waals surface area contributed by atoms with E-state index in [-0.39, 0.29) is 23.9 Å². The fourth-order valence-corrected chi connectivity index (χ4v) is 7.85. The molecule has 1 aliphatic heterocycles. The summed E-state index contributed by atoms with van der Waals surface area (Å²) in [7, 11) is 0. The molecule has 1 N–H and O–H groups in total. The summed E-state index contributed by atoms with van der Waals surface area (Å²) in [4.78, 5) is 41.6. The van der Waals surface area contributed by atoms with Crippen LogP contribution in [0.4, 0.5) is 4.39 Å². The van der Waals surface area contributed by atoms with Gasteiger partial charge in [0, 0.05) is 30.6 Å². The zero-order valence-corrected chi connectivity index (χ0v) is 19.4. The molecule has 3 saturated carbocycles. The molecule has 0 radical (unpaired) electrons. The molecule has 8 atom stereocenters. The highest BCUT2D eigenvalue weighted by Crippen LogP contribution is 2.71. The maximum atomic E-state index is 17.2. The molecule has 7 nitrogen and oxygen atoms in total. The summed E-state index contributed by atoms with van der Waals surface area (Å²) in [6.07, 6.45) is 3.97. The number of ether oxygens (including phenoxy) is 2. The Bertz CT molecular complexity index is 1050. The van der Waals surface area contributed by atoms with Gasteiger partial charge in [0.2, 0.25) is 5.78 Å². The van der Waals surface area contributed by atoms with Crippen LogP contribution in [-0.2, 0) is 23.9 Å². The number of ketones is 2. The zero-order valence-electron chi connectivity index (χ0n) is 19.4. The molecule has 0 amide bonds. The molecule has 0 saturated heterocycles. The van der Waals surface area contributed by atoms with Crippen molar-refractivity contribution in [2.45, 2.75) is 76.8 Å². The van der Waals surface area contributed by atoms with E-state index < -0.39 is 52.7 Å². The molecular formula is C25H30FNO6. The van der Waals surface area contributed by atoms with Gasteiger partial charge < -0.3 is 14.6 Å². The van der Waals surface area contributed by atoms with Crippen LogP contribution in [0.15, 0.2) is 28.8 Å². The van der Waals surface area contributed by atoms with Gasteiger partial charge in [-0.15, -0.1) is 0 Å². The van der Waals surface area contributed by atoms with E-state index in [1.165, 1.54) is 19.1 Å². The molecule has 0 bridgehead atoms. The highest BCUT2D eigenvalue weighted by Gasteiger charge is 2.78. The number of hydrogen-bond donors (Lipinski definition) is 1. The molecule has 8 heteroatoms. The highest BCUT2D eigenvalue weighted by molar-refractivity contribution is 6.01. The van der Waals surface area contributed by atoms with E-state index in [0.29, 0.717) is 30.7 Å². The van der Waals surface area contributed by atoms with E-state index in [2.05, 4.69) is 4.99 Å². The minimum absolute atomic E-state index is 0.0117. The van der Waals surface area contributed by atoms with E-state index in [0.717, 1.165) is 0 Å². The maximum absolute atomic E-state index is 17.2. The van der Waals surface area contributed by atoms with Gasteiger partial charge in [0.15, 0.2) is 29.5 Å². The van der Waals surface area contributed by atoms with Crippen molar-refractivity contribution in [3.05, 3.63) is 23.8 Å². The first-order valence-corrected chi connectivity index (χ1v) is 11.6. The van der Waals surface area contributed by atoms with Crippen molar-refractivity contribution in [3.8, 4) is 0 Å². The molecule has 1 heterocycles. The van der Waals surface area contributed by atoms with E-state index in [1.807, 2.05) is 6.92 Å². The Morgan fingerprint density at radius 1 is 1.33 bits per heavy atom. The number of aliphatic hydroxyl groups excluding tert-OH is 1. The number of esters is 1. The summed E-state index contributed by atoms with van der Waals surface area (Å²) in [6, 6.07) is 0. The van der Waals surface area contributed by atoms with Crippen molar-refractivity contribution in [1.82, 2.24) is 0 Å². The van der Waals surface area contributed by atoms with Gasteiger partial charge in [0.25, 0.3) is 0 Å². The van der Waals surface area contributed by atoms with Gasteiger partial charge in [-0.3, -0.25) is 14.4 Å². The lowest BCUT2D eigenvalue weighted by atomic mass is 9.44. The largest absolute Gasteiger partial charge is 0.475 e. The Kier molecular flexibility index (Phi) is 4.65. The third kappa shape index (κ3) is 2.58. The molecule has 178 valence electrons. The molecule has 0 aromatic rings. The predicted octanol–water partition coefficient (Wildman–Crippen LogP) is 2.66. The van der Waals surface area contributed by atoms with Gasteiger partial charge in [0.05, 0.1) is 6.10 Å². The van der Waals surface area contributed by atoms with Crippen LogP contribution in [-0.4, -0.2) is 58.6 Å². The summed E-state index contributed by atoms with van der Waals surface area (Å²) < 4.78 is 28.2. The van der Waals surface area contributed by atoms with Crippen LogP contribution in [0.25, 0.3) is 0 Å². The van der Waals surface area contributed by atoms with Gasteiger partial charge >= 0.3 is 5.97 Å². The molecule has 5 aliphatic rings. The minimum Gasteiger partial charge on any atom is -0.475 e. The van der Waals surface area contributed by atoms with E-state index in [4.69, 9.17) is 9.47 Å². The van der Waals surface area contributed by atoms with Gasteiger partial charge in [-0.25, -0.2) is 9.38 Å². The predicted molar refractivity (Wildman–Crippen MR) is 116 cm³/mol. The summed E-state index contributed by atoms with van der Waals surface area (Å²) >= 11 is 0. The number of allylic oxidation sites excluding steroid dienone is 4. The second-order valence-electron chi connectivity index (χ2n) is 10.7. The van der Waals surface area contributed by atoms with E-state index in [1.54, 1.807) is 19.9 Å². The summed E-state index contributed by atoms with van der Waals surface area (Å²) in [5.74, 6) is -1.57. The number of nitrogens with zero attached hydrogens (tertiary/aromatic N) is 1. The molecule has 5 rings (SSSR count). The fraction of sp³-hybridized carbons (Fsp3) is 0.680. The second kappa shape index (κ2) is 6.84. The number of aliphatic hydroxyl groups is 1. The first-order valence-electron chi connectivity index (χ1n) is 11.6. The SMILES string of the molecule is CC(=O)OCC(=O)[C@@]12N=C(C)O[C@@H]1C[C@H]1[C@@H]3CCC4=CC(=O)C=C[C@]4(C)[C@@]3(F)C(O)C[C@@]12C. The molecule has 1 unspecified atom stereocenters. The molecule has 0 aromatic heterocycles. The Labute approximate surface area is 192 Å². The number of halogens is 1. The monoisotopic (exact) mass is 459 g/mol. The van der Waals surface area contributed by atoms with Crippen molar-refractivity contribution >= 4 is 23.4 Å². The van der Waals surface area contributed by atoms with Crippen molar-refractivity contribution in [1.29, 1.82) is 0 Å². The standard InChI is InChI=1S/C25H30FNO6/c1-13-27-25(20(31)12-32-14(2)28)21(33-13)10-18-17-6-5-15-9-16(29)7-8-22(15,3)24(17,26)19(30)11-23(18,25)4/h7-9,17-19,21,30H,5-6,10-12H2,1-4H3/t17-,18-,19?,21+,22-,23-,24-,25+/m0/s1. The Morgan fingerprint density at radius 3 is 2.76 bits per heavy atom. The number of aliphatic imine (C=N–C) groups is 1. The first-order chi connectivity index (χ1) is 15.4. The van der Waals surface area contributed by atoms with Crippen LogP contribution in [0.3, 0.4) is 0 Å². The summed E-state index contributed by atoms with van der Waals surface area (Å²) in [5, 5.41) is 11.4. The summed E-state index contributed by atoms with van der Waals surface area (Å²) in [5.41, 5.74) is -4.60. The molecule has 33 heavy (non-hydrogen) atoms. The molecule has 0 spiro atoms. The average molecular weight is 460 g/mol. The number of hydrogen-bond acceptors (Lipinski definition) is 7. The summed E-state index contributed by atoms with van der Waals surface area (Å²) in [6.45, 7) is 6.13. The van der Waals surface area contributed by atoms with Crippen LogP contribution in [0, 0.1) is 22.7 Å². The first kappa shape index (κ1) is 22.4. The van der Waals surface area contributed by atoms with E-state index >= 15 is 4.39 Å². The van der Waals surface area contributed by atoms with Gasteiger partial charge in [-0.05, 0) is 50.7 Å². The van der Waals surface area contributed by atoms with Crippen molar-refractivity contribution in [3.63, 3.8) is 0 Å². The molecular weight excluding hydrogens is 429 g/mol. The lowest BCUT2D eigenvalue weighted by Gasteiger charge is -2.62. The van der Waals surface area contributed by atoms with Crippen molar-refractivity contribution in [2.24, 2.45) is 27.7 Å². The second-order valence-corrected chi connectivity index (χ2v) is 10.7. The van der Waals surface area contributed by atoms with Crippen LogP contribution >= 0.6 is 0 Å². The number of carbonyl (C=O) groups is 3. The van der Waals surface area contributed by atoms with E-state index in [9.17, 15) is 19.5 Å². The number of alkyl halides is 1. The molecule has 4 aliphatic carbocycles. The number of Topliss-reactive ketones (excluding diaryl/α,β-unsaturated/α-hetero) is 1. The van der Waals surface area contributed by atoms with Gasteiger partial charge in [-0.2, -0.15) is 0 Å². The number of rotatable bonds is 3. The highest BCUT2D eigenvalue weighted by atomic mass is 19.1. The quantitative estimate of drug-likeness (QED) is 0.651. The smallest absolute Gasteiger partial charge is 0.303 e. The Balaban J connectivity index is 1.60. The maximum Gasteiger partial charge on any atom is 0.303 e. The lowest BCUT2D eigenvalue weighted by Crippen LogP contribution is -2.69. The fourth-order valence-electron chi connectivity index (χ4n) is 7.85. The minimum atomic E-state index is -1.99. The molecule has 3 fully saturated rings. The molecule has 0 aromatic carbocycles. The average Bonchev–Trinajstić information content (AvgIpc) is 3.19. The Morgan fingerprint density at radius 2 is 2.06 bits per heavy atom. The number of fused-ring (bicyclic) bond motifs is 7. The van der Waals surface area contributed by atoms with Crippen molar-refractivity contribution in [2.75, 3.05) is 6.61 Å². The third-order valence-electron chi connectivity index (χ3n) is 9.31. The third-order valence-corrected chi connectivity index (χ3v) is 9.31. The lowest BCUT2D eigenvalue weighted by molar-refractivity contribution is -0.198. The van der Waals surface area contributed by atoms with Crippen LogP contribution in [0.5, 0.6) is 0 Å². The van der Waals surface area contributed by atoms with Gasteiger partial charge in [0.1, 0.15) is 6.10 Å². The van der Waals surface area contributed by atoms with Crippen LogP contribution in [0.1, 0.15) is 53.4 Å².